The van der Waals surface area contributed by atoms with Gasteiger partial charge in [-0.1, -0.05) is 74.5 Å². The van der Waals surface area contributed by atoms with Crippen LogP contribution in [0.1, 0.15) is 49.9 Å². The molecule has 0 unspecified atom stereocenters. The Morgan fingerprint density at radius 1 is 0.893 bits per heavy atom. The van der Waals surface area contributed by atoms with Gasteiger partial charge in [-0.3, -0.25) is 0 Å². The topological polar surface area (TPSA) is 12.0 Å². The Morgan fingerprint density at radius 3 is 2.32 bits per heavy atom. The van der Waals surface area contributed by atoms with E-state index in [4.69, 9.17) is 0 Å². The predicted octanol–water partition coefficient (Wildman–Crippen LogP) is 7.17. The third-order valence-electron chi connectivity index (χ3n) is 4.64. The monoisotopic (exact) mass is 387 g/mol. The Hall–Kier alpha value is -2.33. The Balaban J connectivity index is 0.00000136. The van der Waals surface area contributed by atoms with Crippen molar-refractivity contribution < 1.29 is 13.2 Å². The molecule has 0 bridgehead atoms. The summed E-state index contributed by atoms with van der Waals surface area (Å²) in [5, 5.41) is 5.92. The highest BCUT2D eigenvalue weighted by molar-refractivity contribution is 5.86. The van der Waals surface area contributed by atoms with Crippen LogP contribution in [0.5, 0.6) is 0 Å². The number of fused-ring (bicyclic) bond motifs is 1. The van der Waals surface area contributed by atoms with E-state index in [2.05, 4.69) is 42.6 Å². The summed E-state index contributed by atoms with van der Waals surface area (Å²) in [5.74, 6) is 0. The molecular formula is C24H28F3N. The fourth-order valence-electron chi connectivity index (χ4n) is 3.25. The normalized spacial score (nSPS) is 12.4. The highest BCUT2D eigenvalue weighted by Gasteiger charge is 2.30. The van der Waals surface area contributed by atoms with E-state index in [1.165, 1.54) is 28.5 Å². The van der Waals surface area contributed by atoms with Gasteiger partial charge >= 0.3 is 6.18 Å². The van der Waals surface area contributed by atoms with Crippen molar-refractivity contribution in [3.8, 4) is 0 Å². The first-order chi connectivity index (χ1) is 13.4. The number of nitrogens with one attached hydrogen (secondary N) is 1. The summed E-state index contributed by atoms with van der Waals surface area (Å²) in [6, 6.07) is 20.3. The summed E-state index contributed by atoms with van der Waals surface area (Å²) < 4.78 is 38.3. The minimum absolute atomic E-state index is 0.183. The lowest BCUT2D eigenvalue weighted by Gasteiger charge is -2.17. The number of hydrogen-bond acceptors (Lipinski definition) is 1. The average molecular weight is 387 g/mol. The fourth-order valence-corrected chi connectivity index (χ4v) is 3.25. The van der Waals surface area contributed by atoms with Crippen molar-refractivity contribution in [3.05, 3.63) is 83.4 Å². The number of benzene rings is 3. The molecular weight excluding hydrogens is 359 g/mol. The van der Waals surface area contributed by atoms with Gasteiger partial charge in [0.2, 0.25) is 0 Å². The van der Waals surface area contributed by atoms with Gasteiger partial charge < -0.3 is 5.32 Å². The standard InChI is InChI=1S/C22H22F3N.C2H6/c1-16(20-13-5-10-18-9-2-3-12-21(18)20)26-14-6-8-17-7-4-11-19(15-17)22(23,24)25;1-2/h2-5,7,9-13,15-16,26H,6,8,14H2,1H3;1-2H3/t16-;/m1./s1. The largest absolute Gasteiger partial charge is 0.416 e. The summed E-state index contributed by atoms with van der Waals surface area (Å²) in [6.45, 7) is 6.87. The summed E-state index contributed by atoms with van der Waals surface area (Å²) in [5.41, 5.74) is 1.38. The molecule has 0 heterocycles. The van der Waals surface area contributed by atoms with E-state index in [0.717, 1.165) is 24.6 Å². The highest BCUT2D eigenvalue weighted by atomic mass is 19.4. The van der Waals surface area contributed by atoms with Crippen LogP contribution >= 0.6 is 0 Å². The van der Waals surface area contributed by atoms with Gasteiger partial charge in [-0.15, -0.1) is 0 Å². The van der Waals surface area contributed by atoms with Crippen molar-refractivity contribution in [2.45, 2.75) is 45.8 Å². The van der Waals surface area contributed by atoms with Gasteiger partial charge in [0, 0.05) is 6.04 Å². The maximum Gasteiger partial charge on any atom is 0.416 e. The maximum atomic E-state index is 12.8. The van der Waals surface area contributed by atoms with E-state index in [9.17, 15) is 13.2 Å². The molecule has 28 heavy (non-hydrogen) atoms. The van der Waals surface area contributed by atoms with Gasteiger partial charge in [0.05, 0.1) is 5.56 Å². The van der Waals surface area contributed by atoms with E-state index in [1.807, 2.05) is 26.0 Å². The number of hydrogen-bond donors (Lipinski definition) is 1. The predicted molar refractivity (Wildman–Crippen MR) is 111 cm³/mol. The van der Waals surface area contributed by atoms with Gasteiger partial charge in [-0.05, 0) is 54.3 Å². The quantitative estimate of drug-likeness (QED) is 0.442. The van der Waals surface area contributed by atoms with E-state index in [1.54, 1.807) is 6.07 Å². The number of alkyl halides is 3. The van der Waals surface area contributed by atoms with Gasteiger partial charge in [0.15, 0.2) is 0 Å². The van der Waals surface area contributed by atoms with E-state index in [0.29, 0.717) is 6.42 Å². The molecule has 4 heteroatoms. The first kappa shape index (κ1) is 22.0. The zero-order chi connectivity index (χ0) is 20.6. The smallest absolute Gasteiger partial charge is 0.310 e. The summed E-state index contributed by atoms with van der Waals surface area (Å²) in [4.78, 5) is 0. The molecule has 0 aliphatic rings. The third kappa shape index (κ3) is 5.83. The second-order valence-corrected chi connectivity index (χ2v) is 6.55. The summed E-state index contributed by atoms with van der Waals surface area (Å²) in [7, 11) is 0. The van der Waals surface area contributed by atoms with E-state index in [-0.39, 0.29) is 6.04 Å². The summed E-state index contributed by atoms with van der Waals surface area (Å²) >= 11 is 0. The summed E-state index contributed by atoms with van der Waals surface area (Å²) in [6.07, 6.45) is -2.87. The first-order valence-electron chi connectivity index (χ1n) is 9.82. The third-order valence-corrected chi connectivity index (χ3v) is 4.64. The Labute approximate surface area is 165 Å². The average Bonchev–Trinajstić information content (AvgIpc) is 2.72. The molecule has 0 aromatic heterocycles. The Kier molecular flexibility index (Phi) is 8.06. The Morgan fingerprint density at radius 2 is 1.57 bits per heavy atom. The van der Waals surface area contributed by atoms with Crippen LogP contribution in [0.25, 0.3) is 10.8 Å². The number of rotatable bonds is 6. The molecule has 0 amide bonds. The first-order valence-corrected chi connectivity index (χ1v) is 9.82. The van der Waals surface area contributed by atoms with Gasteiger partial charge in [-0.2, -0.15) is 13.2 Å². The number of aryl methyl sites for hydroxylation is 1. The van der Waals surface area contributed by atoms with Crippen LogP contribution in [0, 0.1) is 0 Å². The molecule has 1 N–H and O–H groups in total. The second-order valence-electron chi connectivity index (χ2n) is 6.55. The van der Waals surface area contributed by atoms with Crippen LogP contribution in [0.4, 0.5) is 13.2 Å². The lowest BCUT2D eigenvalue weighted by Crippen LogP contribution is -2.20. The van der Waals surface area contributed by atoms with E-state index < -0.39 is 11.7 Å². The Bertz CT molecular complexity index is 866. The van der Waals surface area contributed by atoms with Gasteiger partial charge in [0.25, 0.3) is 0 Å². The molecule has 3 aromatic carbocycles. The SMILES string of the molecule is CC.C[C@@H](NCCCc1cccc(C(F)(F)F)c1)c1cccc2ccccc12. The van der Waals surface area contributed by atoms with Crippen LogP contribution in [0.2, 0.25) is 0 Å². The van der Waals surface area contributed by atoms with Crippen LogP contribution in [0.3, 0.4) is 0 Å². The molecule has 0 saturated heterocycles. The number of halogens is 3. The van der Waals surface area contributed by atoms with Crippen molar-refractivity contribution >= 4 is 10.8 Å². The minimum Gasteiger partial charge on any atom is -0.310 e. The molecule has 150 valence electrons. The second kappa shape index (κ2) is 10.3. The van der Waals surface area contributed by atoms with Crippen molar-refractivity contribution in [1.82, 2.24) is 5.32 Å². The molecule has 0 radical (unpaired) electrons. The van der Waals surface area contributed by atoms with Crippen LogP contribution in [-0.2, 0) is 12.6 Å². The highest BCUT2D eigenvalue weighted by Crippen LogP contribution is 2.29. The lowest BCUT2D eigenvalue weighted by atomic mass is 9.99. The van der Waals surface area contributed by atoms with Crippen molar-refractivity contribution in [1.29, 1.82) is 0 Å². The van der Waals surface area contributed by atoms with E-state index >= 15 is 0 Å². The molecule has 1 atom stereocenters. The zero-order valence-electron chi connectivity index (χ0n) is 16.7. The van der Waals surface area contributed by atoms with Crippen LogP contribution < -0.4 is 5.32 Å². The molecule has 0 saturated carbocycles. The fraction of sp³-hybridized carbons (Fsp3) is 0.333. The van der Waals surface area contributed by atoms with Gasteiger partial charge in [-0.25, -0.2) is 0 Å². The molecule has 1 nitrogen and oxygen atoms in total. The van der Waals surface area contributed by atoms with Crippen molar-refractivity contribution in [2.24, 2.45) is 0 Å². The molecule has 0 aliphatic carbocycles. The molecule has 3 rings (SSSR count). The van der Waals surface area contributed by atoms with Crippen LogP contribution in [-0.4, -0.2) is 6.54 Å². The molecule has 0 spiro atoms. The van der Waals surface area contributed by atoms with Gasteiger partial charge in [0.1, 0.15) is 0 Å². The minimum atomic E-state index is -4.28. The van der Waals surface area contributed by atoms with Crippen LogP contribution in [0.15, 0.2) is 66.7 Å². The van der Waals surface area contributed by atoms with Crippen molar-refractivity contribution in [3.63, 3.8) is 0 Å². The zero-order valence-corrected chi connectivity index (χ0v) is 16.7. The molecule has 0 aliphatic heterocycles. The van der Waals surface area contributed by atoms with Crippen molar-refractivity contribution in [2.75, 3.05) is 6.54 Å². The molecule has 0 fully saturated rings. The maximum absolute atomic E-state index is 12.8. The lowest BCUT2D eigenvalue weighted by molar-refractivity contribution is -0.137. The molecule has 3 aromatic rings.